The number of sulfonamides is 1. The van der Waals surface area contributed by atoms with E-state index in [1.807, 2.05) is 13.0 Å². The summed E-state index contributed by atoms with van der Waals surface area (Å²) in [5.41, 5.74) is 0.348. The average molecular weight is 294 g/mol. The summed E-state index contributed by atoms with van der Waals surface area (Å²) < 4.78 is 27.0. The molecule has 0 saturated carbocycles. The summed E-state index contributed by atoms with van der Waals surface area (Å²) in [5, 5.41) is 8.81. The average Bonchev–Trinajstić information content (AvgIpc) is 2.37. The van der Waals surface area contributed by atoms with Crippen molar-refractivity contribution in [3.05, 3.63) is 29.8 Å². The molecule has 4 nitrogen and oxygen atoms in total. The molecule has 1 rings (SSSR count). The highest BCUT2D eigenvalue weighted by Gasteiger charge is 2.17. The number of nitriles is 1. The first kappa shape index (κ1) is 16.7. The topological polar surface area (TPSA) is 70.0 Å². The van der Waals surface area contributed by atoms with Crippen molar-refractivity contribution in [3.8, 4) is 6.07 Å². The Balaban J connectivity index is 2.67. The summed E-state index contributed by atoms with van der Waals surface area (Å²) in [6, 6.07) is 7.90. The van der Waals surface area contributed by atoms with E-state index < -0.39 is 10.0 Å². The molecule has 0 aliphatic heterocycles. The quantitative estimate of drug-likeness (QED) is 0.840. The molecule has 0 unspecified atom stereocenters. The zero-order chi connectivity index (χ0) is 15.2. The van der Waals surface area contributed by atoms with Gasteiger partial charge in [-0.1, -0.05) is 32.8 Å². The van der Waals surface area contributed by atoms with Gasteiger partial charge in [-0.05, 0) is 37.5 Å². The van der Waals surface area contributed by atoms with Gasteiger partial charge in [0.15, 0.2) is 0 Å². The monoisotopic (exact) mass is 294 g/mol. The molecule has 0 aromatic heterocycles. The van der Waals surface area contributed by atoms with Crippen LogP contribution in [-0.2, 0) is 10.0 Å². The first-order valence-corrected chi connectivity index (χ1v) is 8.36. The van der Waals surface area contributed by atoms with Crippen molar-refractivity contribution in [1.82, 2.24) is 4.72 Å². The maximum atomic E-state index is 12.2. The molecule has 1 N–H and O–H groups in total. The van der Waals surface area contributed by atoms with Gasteiger partial charge in [-0.15, -0.1) is 0 Å². The minimum atomic E-state index is -3.54. The molecule has 5 heteroatoms. The second-order valence-corrected chi connectivity index (χ2v) is 7.20. The molecule has 0 radical (unpaired) electrons. The Labute approximate surface area is 121 Å². The molecular weight excluding hydrogens is 272 g/mol. The predicted molar refractivity (Wildman–Crippen MR) is 79.6 cm³/mol. The standard InChI is InChI=1S/C15H22N2O2S/c1-12(2)6-4-7-13(3)17-20(18,19)15-9-5-8-14(10-15)11-16/h5,8-10,12-13,17H,4,6-7H2,1-3H3/t13-/m0/s1. The Morgan fingerprint density at radius 1 is 1.25 bits per heavy atom. The van der Waals surface area contributed by atoms with Gasteiger partial charge in [0.1, 0.15) is 0 Å². The lowest BCUT2D eigenvalue weighted by Gasteiger charge is -2.15. The molecule has 0 aliphatic carbocycles. The number of rotatable bonds is 7. The van der Waals surface area contributed by atoms with Crippen molar-refractivity contribution in [2.75, 3.05) is 0 Å². The van der Waals surface area contributed by atoms with Gasteiger partial charge in [0.2, 0.25) is 10.0 Å². The number of benzene rings is 1. The van der Waals surface area contributed by atoms with Crippen LogP contribution in [0.25, 0.3) is 0 Å². The van der Waals surface area contributed by atoms with Crippen LogP contribution in [0.5, 0.6) is 0 Å². The van der Waals surface area contributed by atoms with Gasteiger partial charge in [-0.3, -0.25) is 0 Å². The Morgan fingerprint density at radius 3 is 2.55 bits per heavy atom. The third-order valence-electron chi connectivity index (χ3n) is 3.05. The molecule has 1 aromatic rings. The second kappa shape index (κ2) is 7.41. The summed E-state index contributed by atoms with van der Waals surface area (Å²) in [5.74, 6) is 0.631. The molecule has 1 aromatic carbocycles. The van der Waals surface area contributed by atoms with Crippen LogP contribution in [-0.4, -0.2) is 14.5 Å². The fourth-order valence-electron chi connectivity index (χ4n) is 1.96. The van der Waals surface area contributed by atoms with E-state index in [9.17, 15) is 8.42 Å². The van der Waals surface area contributed by atoms with Gasteiger partial charge < -0.3 is 0 Å². The van der Waals surface area contributed by atoms with Gasteiger partial charge in [0.25, 0.3) is 0 Å². The predicted octanol–water partition coefficient (Wildman–Crippen LogP) is 3.05. The van der Waals surface area contributed by atoms with Crippen molar-refractivity contribution in [3.63, 3.8) is 0 Å². The van der Waals surface area contributed by atoms with Gasteiger partial charge in [-0.25, -0.2) is 13.1 Å². The number of hydrogen-bond donors (Lipinski definition) is 1. The molecular formula is C15H22N2O2S. The lowest BCUT2D eigenvalue weighted by Crippen LogP contribution is -2.32. The smallest absolute Gasteiger partial charge is 0.208 e. The zero-order valence-electron chi connectivity index (χ0n) is 12.3. The Morgan fingerprint density at radius 2 is 1.95 bits per heavy atom. The minimum absolute atomic E-state index is 0.107. The highest BCUT2D eigenvalue weighted by molar-refractivity contribution is 7.89. The summed E-state index contributed by atoms with van der Waals surface area (Å²) in [6.45, 7) is 6.18. The van der Waals surface area contributed by atoms with E-state index in [-0.39, 0.29) is 10.9 Å². The van der Waals surface area contributed by atoms with Gasteiger partial charge in [0.05, 0.1) is 16.5 Å². The third-order valence-corrected chi connectivity index (χ3v) is 4.64. The normalized spacial score (nSPS) is 13.2. The van der Waals surface area contributed by atoms with Crippen LogP contribution in [0.4, 0.5) is 0 Å². The van der Waals surface area contributed by atoms with Crippen LogP contribution in [0.2, 0.25) is 0 Å². The molecule has 0 bridgehead atoms. The van der Waals surface area contributed by atoms with Gasteiger partial charge in [0, 0.05) is 6.04 Å². The maximum Gasteiger partial charge on any atom is 0.240 e. The number of nitrogens with zero attached hydrogens (tertiary/aromatic N) is 1. The number of nitrogens with one attached hydrogen (secondary N) is 1. The fourth-order valence-corrected chi connectivity index (χ4v) is 3.28. The van der Waals surface area contributed by atoms with Crippen LogP contribution in [0.3, 0.4) is 0 Å². The Bertz CT molecular complexity index is 574. The van der Waals surface area contributed by atoms with Crippen LogP contribution in [0.1, 0.15) is 45.6 Å². The van der Waals surface area contributed by atoms with E-state index in [1.165, 1.54) is 12.1 Å². The van der Waals surface area contributed by atoms with Crippen LogP contribution in [0.15, 0.2) is 29.2 Å². The Kier molecular flexibility index (Phi) is 6.18. The van der Waals surface area contributed by atoms with Gasteiger partial charge in [-0.2, -0.15) is 5.26 Å². The third kappa shape index (κ3) is 5.32. The van der Waals surface area contributed by atoms with E-state index in [0.717, 1.165) is 19.3 Å². The maximum absolute atomic E-state index is 12.2. The van der Waals surface area contributed by atoms with Crippen molar-refractivity contribution < 1.29 is 8.42 Å². The van der Waals surface area contributed by atoms with E-state index >= 15 is 0 Å². The highest BCUT2D eigenvalue weighted by Crippen LogP contribution is 2.13. The number of hydrogen-bond acceptors (Lipinski definition) is 3. The molecule has 20 heavy (non-hydrogen) atoms. The van der Waals surface area contributed by atoms with E-state index in [2.05, 4.69) is 18.6 Å². The van der Waals surface area contributed by atoms with E-state index in [4.69, 9.17) is 5.26 Å². The SMILES string of the molecule is CC(C)CCC[C@H](C)NS(=O)(=O)c1cccc(C#N)c1. The summed E-state index contributed by atoms with van der Waals surface area (Å²) in [7, 11) is -3.54. The Hall–Kier alpha value is -1.38. The molecule has 0 aliphatic rings. The molecule has 0 saturated heterocycles. The largest absolute Gasteiger partial charge is 0.240 e. The van der Waals surface area contributed by atoms with Crippen LogP contribution in [0, 0.1) is 17.2 Å². The van der Waals surface area contributed by atoms with Crippen LogP contribution < -0.4 is 4.72 Å². The van der Waals surface area contributed by atoms with Crippen molar-refractivity contribution in [2.45, 2.75) is 51.0 Å². The fraction of sp³-hybridized carbons (Fsp3) is 0.533. The molecule has 0 amide bonds. The van der Waals surface area contributed by atoms with Crippen molar-refractivity contribution in [1.29, 1.82) is 5.26 Å². The lowest BCUT2D eigenvalue weighted by molar-refractivity contribution is 0.488. The second-order valence-electron chi connectivity index (χ2n) is 5.49. The zero-order valence-corrected chi connectivity index (χ0v) is 13.1. The molecule has 0 heterocycles. The van der Waals surface area contributed by atoms with Crippen molar-refractivity contribution in [2.24, 2.45) is 5.92 Å². The summed E-state index contributed by atoms with van der Waals surface area (Å²) in [6.07, 6.45) is 2.91. The highest BCUT2D eigenvalue weighted by atomic mass is 32.2. The van der Waals surface area contributed by atoms with Crippen LogP contribution >= 0.6 is 0 Å². The van der Waals surface area contributed by atoms with Crippen molar-refractivity contribution >= 4 is 10.0 Å². The first-order valence-electron chi connectivity index (χ1n) is 6.87. The molecule has 0 fully saturated rings. The summed E-state index contributed by atoms with van der Waals surface area (Å²) >= 11 is 0. The first-order chi connectivity index (χ1) is 9.35. The van der Waals surface area contributed by atoms with E-state index in [0.29, 0.717) is 11.5 Å². The summed E-state index contributed by atoms with van der Waals surface area (Å²) in [4.78, 5) is 0.146. The lowest BCUT2D eigenvalue weighted by atomic mass is 10.0. The minimum Gasteiger partial charge on any atom is -0.208 e. The molecule has 1 atom stereocenters. The molecule has 110 valence electrons. The van der Waals surface area contributed by atoms with E-state index in [1.54, 1.807) is 12.1 Å². The van der Waals surface area contributed by atoms with Gasteiger partial charge >= 0.3 is 0 Å². The molecule has 0 spiro atoms.